The molecule has 7 heteroatoms. The first-order chi connectivity index (χ1) is 18.3. The van der Waals surface area contributed by atoms with Crippen LogP contribution in [0.25, 0.3) is 5.76 Å². The predicted octanol–water partition coefficient (Wildman–Crippen LogP) is 4.96. The van der Waals surface area contributed by atoms with Crippen LogP contribution < -0.4 is 9.47 Å². The summed E-state index contributed by atoms with van der Waals surface area (Å²) in [7, 11) is 5.50. The molecule has 38 heavy (non-hydrogen) atoms. The number of aliphatic hydroxyl groups excluding tert-OH is 1. The van der Waals surface area contributed by atoms with E-state index in [0.717, 1.165) is 23.2 Å². The number of ether oxygens (including phenoxy) is 2. The maximum Gasteiger partial charge on any atom is 0.295 e. The van der Waals surface area contributed by atoms with Crippen molar-refractivity contribution >= 4 is 17.4 Å². The van der Waals surface area contributed by atoms with Crippen molar-refractivity contribution in [3.05, 3.63) is 101 Å². The lowest BCUT2D eigenvalue weighted by Gasteiger charge is -2.26. The second-order valence-electron chi connectivity index (χ2n) is 9.72. The summed E-state index contributed by atoms with van der Waals surface area (Å²) in [6.07, 6.45) is 0.694. The molecule has 1 atom stereocenters. The molecule has 1 saturated heterocycles. The van der Waals surface area contributed by atoms with Gasteiger partial charge in [-0.25, -0.2) is 0 Å². The Morgan fingerprint density at radius 2 is 1.66 bits per heavy atom. The number of rotatable bonds is 10. The van der Waals surface area contributed by atoms with Gasteiger partial charge < -0.3 is 24.4 Å². The van der Waals surface area contributed by atoms with Gasteiger partial charge in [0.05, 0.1) is 18.7 Å². The molecule has 0 radical (unpaired) electrons. The Balaban J connectivity index is 1.63. The number of aliphatic hydroxyl groups is 1. The molecule has 1 aliphatic rings. The Hall–Kier alpha value is -4.10. The Morgan fingerprint density at radius 1 is 0.974 bits per heavy atom. The Morgan fingerprint density at radius 3 is 2.29 bits per heavy atom. The zero-order valence-corrected chi connectivity index (χ0v) is 22.3. The Labute approximate surface area is 223 Å². The summed E-state index contributed by atoms with van der Waals surface area (Å²) in [6.45, 7) is 3.61. The van der Waals surface area contributed by atoms with Crippen molar-refractivity contribution in [1.29, 1.82) is 0 Å². The summed E-state index contributed by atoms with van der Waals surface area (Å²) >= 11 is 0. The smallest absolute Gasteiger partial charge is 0.295 e. The minimum Gasteiger partial charge on any atom is -0.507 e. The van der Waals surface area contributed by atoms with E-state index in [-0.39, 0.29) is 11.3 Å². The highest BCUT2D eigenvalue weighted by atomic mass is 16.5. The second kappa shape index (κ2) is 12.0. The molecule has 0 saturated carbocycles. The van der Waals surface area contributed by atoms with E-state index in [0.29, 0.717) is 36.6 Å². The van der Waals surface area contributed by atoms with E-state index in [1.165, 1.54) is 0 Å². The lowest BCUT2D eigenvalue weighted by Crippen LogP contribution is -2.32. The summed E-state index contributed by atoms with van der Waals surface area (Å²) in [4.78, 5) is 29.9. The fourth-order valence-electron chi connectivity index (χ4n) is 4.63. The number of aryl methyl sites for hydroxylation is 1. The van der Waals surface area contributed by atoms with Crippen molar-refractivity contribution in [2.45, 2.75) is 26.0 Å². The van der Waals surface area contributed by atoms with Crippen LogP contribution in [-0.4, -0.2) is 60.9 Å². The van der Waals surface area contributed by atoms with Crippen LogP contribution in [0.4, 0.5) is 0 Å². The zero-order valence-electron chi connectivity index (χ0n) is 22.3. The van der Waals surface area contributed by atoms with Gasteiger partial charge in [0.25, 0.3) is 11.7 Å². The van der Waals surface area contributed by atoms with E-state index in [9.17, 15) is 14.7 Å². The minimum absolute atomic E-state index is 0.0819. The molecule has 1 heterocycles. The summed E-state index contributed by atoms with van der Waals surface area (Å²) in [5.74, 6) is -0.194. The van der Waals surface area contributed by atoms with Gasteiger partial charge in [0, 0.05) is 12.1 Å². The number of likely N-dealkylation sites (tertiary alicyclic amines) is 1. The Kier molecular flexibility index (Phi) is 8.48. The maximum atomic E-state index is 13.2. The maximum absolute atomic E-state index is 13.2. The van der Waals surface area contributed by atoms with E-state index >= 15 is 0 Å². The standard InChI is InChI=1S/C31H34N2O5/c1-21-7-5-8-22(19-21)20-38-26-15-11-24(12-16-26)29(34)27-28(23-9-13-25(37-4)14-10-23)33(31(36)30(27)35)18-6-17-32(2)3/h5,7-16,19,28,34H,6,17-18,20H2,1-4H3/t28-/m0/s1. The van der Waals surface area contributed by atoms with Crippen molar-refractivity contribution in [2.75, 3.05) is 34.3 Å². The molecular weight excluding hydrogens is 480 g/mol. The largest absolute Gasteiger partial charge is 0.507 e. The van der Waals surface area contributed by atoms with Crippen molar-refractivity contribution in [3.63, 3.8) is 0 Å². The summed E-state index contributed by atoms with van der Waals surface area (Å²) in [5.41, 5.74) is 3.48. The molecule has 1 amide bonds. The molecule has 0 bridgehead atoms. The van der Waals surface area contributed by atoms with Gasteiger partial charge in [0.1, 0.15) is 23.9 Å². The summed E-state index contributed by atoms with van der Waals surface area (Å²) < 4.78 is 11.2. The number of benzene rings is 3. The van der Waals surface area contributed by atoms with Crippen LogP contribution in [0.3, 0.4) is 0 Å². The SMILES string of the molecule is COc1ccc([C@H]2C(=C(O)c3ccc(OCc4cccc(C)c4)cc3)C(=O)C(=O)N2CCCN(C)C)cc1. The average molecular weight is 515 g/mol. The topological polar surface area (TPSA) is 79.3 Å². The van der Waals surface area contributed by atoms with E-state index in [2.05, 4.69) is 6.07 Å². The van der Waals surface area contributed by atoms with Crippen LogP contribution in [0, 0.1) is 6.92 Å². The molecule has 3 aromatic rings. The van der Waals surface area contributed by atoms with Crippen molar-refractivity contribution in [2.24, 2.45) is 0 Å². The highest BCUT2D eigenvalue weighted by Gasteiger charge is 2.45. The molecule has 1 aliphatic heterocycles. The van der Waals surface area contributed by atoms with Gasteiger partial charge in [0.15, 0.2) is 0 Å². The first-order valence-corrected chi connectivity index (χ1v) is 12.6. The zero-order chi connectivity index (χ0) is 27.2. The van der Waals surface area contributed by atoms with Crippen LogP contribution in [0.2, 0.25) is 0 Å². The van der Waals surface area contributed by atoms with Crippen molar-refractivity contribution < 1.29 is 24.2 Å². The number of amides is 1. The number of Topliss-reactive ketones (excluding diaryl/α,β-unsaturated/α-hetero) is 1. The summed E-state index contributed by atoms with van der Waals surface area (Å²) in [5, 5.41) is 11.3. The van der Waals surface area contributed by atoms with Gasteiger partial charge in [0.2, 0.25) is 0 Å². The van der Waals surface area contributed by atoms with E-state index < -0.39 is 17.7 Å². The highest BCUT2D eigenvalue weighted by molar-refractivity contribution is 6.46. The first-order valence-electron chi connectivity index (χ1n) is 12.6. The fourth-order valence-corrected chi connectivity index (χ4v) is 4.63. The molecule has 4 rings (SSSR count). The van der Waals surface area contributed by atoms with Gasteiger partial charge in [-0.3, -0.25) is 9.59 Å². The van der Waals surface area contributed by atoms with Gasteiger partial charge >= 0.3 is 0 Å². The number of nitrogens with zero attached hydrogens (tertiary/aromatic N) is 2. The summed E-state index contributed by atoms with van der Waals surface area (Å²) in [6, 6.07) is 21.5. The van der Waals surface area contributed by atoms with Crippen molar-refractivity contribution in [3.8, 4) is 11.5 Å². The number of ketones is 1. The first kappa shape index (κ1) is 26.9. The Bertz CT molecular complexity index is 1310. The molecule has 1 fully saturated rings. The third kappa shape index (κ3) is 6.06. The van der Waals surface area contributed by atoms with Gasteiger partial charge in [-0.15, -0.1) is 0 Å². The predicted molar refractivity (Wildman–Crippen MR) is 147 cm³/mol. The third-order valence-electron chi connectivity index (χ3n) is 6.59. The highest BCUT2D eigenvalue weighted by Crippen LogP contribution is 2.40. The molecule has 198 valence electrons. The van der Waals surface area contributed by atoms with Gasteiger partial charge in [-0.05, 0) is 81.5 Å². The lowest BCUT2D eigenvalue weighted by molar-refractivity contribution is -0.139. The van der Waals surface area contributed by atoms with Crippen LogP contribution in [0.1, 0.15) is 34.7 Å². The normalized spacial score (nSPS) is 16.8. The minimum atomic E-state index is -0.694. The van der Waals surface area contributed by atoms with Crippen LogP contribution in [0.15, 0.2) is 78.4 Å². The molecule has 0 aliphatic carbocycles. The number of hydrogen-bond donors (Lipinski definition) is 1. The number of carbonyl (C=O) groups is 2. The fraction of sp³-hybridized carbons (Fsp3) is 0.290. The number of hydrogen-bond acceptors (Lipinski definition) is 6. The third-order valence-corrected chi connectivity index (χ3v) is 6.59. The molecular formula is C31H34N2O5. The molecule has 0 aromatic heterocycles. The van der Waals surface area contributed by atoms with E-state index in [4.69, 9.17) is 9.47 Å². The van der Waals surface area contributed by atoms with E-state index in [1.54, 1.807) is 48.4 Å². The van der Waals surface area contributed by atoms with Crippen LogP contribution >= 0.6 is 0 Å². The van der Waals surface area contributed by atoms with Gasteiger partial charge in [-0.2, -0.15) is 0 Å². The van der Waals surface area contributed by atoms with E-state index in [1.807, 2.05) is 56.3 Å². The second-order valence-corrected chi connectivity index (χ2v) is 9.72. The van der Waals surface area contributed by atoms with Crippen LogP contribution in [0.5, 0.6) is 11.5 Å². The monoisotopic (exact) mass is 514 g/mol. The van der Waals surface area contributed by atoms with Crippen LogP contribution in [-0.2, 0) is 16.2 Å². The quantitative estimate of drug-likeness (QED) is 0.234. The number of carbonyl (C=O) groups excluding carboxylic acids is 2. The molecule has 3 aromatic carbocycles. The molecule has 0 spiro atoms. The average Bonchev–Trinajstić information content (AvgIpc) is 3.17. The molecule has 7 nitrogen and oxygen atoms in total. The van der Waals surface area contributed by atoms with Gasteiger partial charge in [-0.1, -0.05) is 42.0 Å². The van der Waals surface area contributed by atoms with Crippen molar-refractivity contribution in [1.82, 2.24) is 9.80 Å². The molecule has 1 N–H and O–H groups in total. The number of methoxy groups -OCH3 is 1. The lowest BCUT2D eigenvalue weighted by atomic mass is 9.95. The molecule has 0 unspecified atom stereocenters.